The van der Waals surface area contributed by atoms with E-state index < -0.39 is 12.6 Å². The van der Waals surface area contributed by atoms with Gasteiger partial charge in [-0.3, -0.25) is 4.79 Å². The van der Waals surface area contributed by atoms with Crippen molar-refractivity contribution >= 4 is 17.6 Å². The Morgan fingerprint density at radius 2 is 2.21 bits per heavy atom. The molecule has 0 N–H and O–H groups in total. The molecule has 1 aromatic rings. The second-order valence-electron chi connectivity index (χ2n) is 3.41. The fourth-order valence-electron chi connectivity index (χ4n) is 1.38. The van der Waals surface area contributed by atoms with Crippen molar-refractivity contribution in [2.24, 2.45) is 0 Å². The van der Waals surface area contributed by atoms with Gasteiger partial charge in [-0.05, 0) is 18.6 Å². The third-order valence-electron chi connectivity index (χ3n) is 2.13. The van der Waals surface area contributed by atoms with E-state index in [1.165, 1.54) is 6.07 Å². The highest BCUT2D eigenvalue weighted by atomic mass is 35.5. The summed E-state index contributed by atoms with van der Waals surface area (Å²) < 4.78 is 33.2. The summed E-state index contributed by atoms with van der Waals surface area (Å²) in [5.74, 6) is -0.842. The number of alkyl halides is 2. The number of halogens is 3. The molecule has 1 rings (SSSR count). The first-order valence-electron chi connectivity index (χ1n) is 5.30. The van der Waals surface area contributed by atoms with Crippen LogP contribution >= 0.6 is 11.6 Å². The maximum absolute atomic E-state index is 12.1. The second-order valence-corrected chi connectivity index (χ2v) is 3.82. The van der Waals surface area contributed by atoms with E-state index in [1.807, 2.05) is 0 Å². The average Bonchev–Trinajstić information content (AvgIpc) is 2.32. The first kappa shape index (κ1) is 15.2. The van der Waals surface area contributed by atoms with E-state index >= 15 is 0 Å². The minimum Gasteiger partial charge on any atom is -0.466 e. The summed E-state index contributed by atoms with van der Waals surface area (Å²) in [6.45, 7) is -1.19. The van der Waals surface area contributed by atoms with Crippen molar-refractivity contribution in [2.45, 2.75) is 20.0 Å². The summed E-state index contributed by atoms with van der Waals surface area (Å²) in [5.41, 5.74) is 0.197. The predicted molar refractivity (Wildman–Crippen MR) is 63.1 cm³/mol. The molecule has 0 fully saturated rings. The first-order chi connectivity index (χ1) is 8.97. The predicted octanol–water partition coefficient (Wildman–Crippen LogP) is 2.92. The molecule has 0 heterocycles. The van der Waals surface area contributed by atoms with Crippen LogP contribution < -0.4 is 4.74 Å². The van der Waals surface area contributed by atoms with Crippen LogP contribution in [0.2, 0.25) is 5.02 Å². The summed E-state index contributed by atoms with van der Waals surface area (Å²) in [6.07, 6.45) is -0.143. The number of rotatable bonds is 5. The summed E-state index contributed by atoms with van der Waals surface area (Å²) in [6, 6.07) is 4.02. The Morgan fingerprint density at radius 3 is 2.74 bits per heavy atom. The average molecular weight is 290 g/mol. The Hall–Kier alpha value is -1.87. The minimum atomic E-state index is -3.06. The number of esters is 1. The van der Waals surface area contributed by atoms with Crippen molar-refractivity contribution in [2.75, 3.05) is 6.61 Å². The van der Waals surface area contributed by atoms with E-state index in [4.69, 9.17) is 21.6 Å². The van der Waals surface area contributed by atoms with E-state index in [0.29, 0.717) is 5.56 Å². The normalized spacial score (nSPS) is 10.1. The SMILES string of the molecule is CCOC(=O)Cc1cc(C#N)c(OC(F)F)cc1Cl. The zero-order chi connectivity index (χ0) is 14.4. The van der Waals surface area contributed by atoms with Crippen LogP contribution in [-0.2, 0) is 16.0 Å². The lowest BCUT2D eigenvalue weighted by molar-refractivity contribution is -0.142. The zero-order valence-corrected chi connectivity index (χ0v) is 10.7. The molecule has 0 aliphatic heterocycles. The summed E-state index contributed by atoms with van der Waals surface area (Å²) >= 11 is 5.84. The van der Waals surface area contributed by atoms with Crippen LogP contribution in [0.15, 0.2) is 12.1 Å². The minimum absolute atomic E-state index is 0.0581. The maximum atomic E-state index is 12.1. The molecular weight excluding hydrogens is 280 g/mol. The number of hydrogen-bond acceptors (Lipinski definition) is 4. The third-order valence-corrected chi connectivity index (χ3v) is 2.48. The summed E-state index contributed by atoms with van der Waals surface area (Å²) in [5, 5.41) is 8.91. The van der Waals surface area contributed by atoms with Crippen molar-refractivity contribution in [3.8, 4) is 11.8 Å². The van der Waals surface area contributed by atoms with Crippen LogP contribution in [0.3, 0.4) is 0 Å². The number of nitriles is 1. The van der Waals surface area contributed by atoms with Crippen molar-refractivity contribution in [3.63, 3.8) is 0 Å². The number of nitrogens with zero attached hydrogens (tertiary/aromatic N) is 1. The summed E-state index contributed by atoms with van der Waals surface area (Å²) in [4.78, 5) is 11.3. The Kier molecular flexibility index (Phi) is 5.52. The van der Waals surface area contributed by atoms with Gasteiger partial charge in [-0.25, -0.2) is 0 Å². The molecule has 0 aliphatic carbocycles. The van der Waals surface area contributed by atoms with E-state index in [9.17, 15) is 13.6 Å². The molecule has 0 amide bonds. The standard InChI is InChI=1S/C12H10ClF2NO3/c1-2-18-11(17)4-7-3-8(6-16)10(5-9(7)13)19-12(14)15/h3,5,12H,2,4H2,1H3. The lowest BCUT2D eigenvalue weighted by Crippen LogP contribution is -2.09. The molecule has 19 heavy (non-hydrogen) atoms. The lowest BCUT2D eigenvalue weighted by atomic mass is 10.1. The van der Waals surface area contributed by atoms with Gasteiger partial charge in [-0.2, -0.15) is 14.0 Å². The quantitative estimate of drug-likeness (QED) is 0.782. The zero-order valence-electron chi connectivity index (χ0n) is 9.95. The van der Waals surface area contributed by atoms with E-state index in [1.54, 1.807) is 13.0 Å². The molecule has 0 radical (unpaired) electrons. The molecule has 0 unspecified atom stereocenters. The van der Waals surface area contributed by atoms with Crippen LogP contribution in [0, 0.1) is 11.3 Å². The second kappa shape index (κ2) is 6.90. The van der Waals surface area contributed by atoms with Crippen molar-refractivity contribution in [1.29, 1.82) is 5.26 Å². The van der Waals surface area contributed by atoms with Gasteiger partial charge in [-0.1, -0.05) is 11.6 Å². The maximum Gasteiger partial charge on any atom is 0.387 e. The molecule has 0 aliphatic rings. The molecule has 0 atom stereocenters. The van der Waals surface area contributed by atoms with Gasteiger partial charge >= 0.3 is 12.6 Å². The number of benzene rings is 1. The Labute approximate surface area is 113 Å². The van der Waals surface area contributed by atoms with Crippen LogP contribution in [0.5, 0.6) is 5.75 Å². The summed E-state index contributed by atoms with van der Waals surface area (Å²) in [7, 11) is 0. The van der Waals surface area contributed by atoms with Gasteiger partial charge in [0.05, 0.1) is 18.6 Å². The topological polar surface area (TPSA) is 59.3 Å². The monoisotopic (exact) mass is 289 g/mol. The first-order valence-corrected chi connectivity index (χ1v) is 5.68. The molecule has 0 spiro atoms. The highest BCUT2D eigenvalue weighted by Crippen LogP contribution is 2.28. The van der Waals surface area contributed by atoms with E-state index in [2.05, 4.69) is 4.74 Å². The molecule has 4 nitrogen and oxygen atoms in total. The van der Waals surface area contributed by atoms with Gasteiger partial charge in [-0.15, -0.1) is 0 Å². The largest absolute Gasteiger partial charge is 0.466 e. The van der Waals surface area contributed by atoms with E-state index in [-0.39, 0.29) is 29.4 Å². The van der Waals surface area contributed by atoms with Gasteiger partial charge in [0.15, 0.2) is 0 Å². The molecule has 0 saturated heterocycles. The Balaban J connectivity index is 3.03. The van der Waals surface area contributed by atoms with Crippen molar-refractivity contribution < 1.29 is 23.0 Å². The van der Waals surface area contributed by atoms with Gasteiger partial charge in [0.1, 0.15) is 11.8 Å². The molecule has 102 valence electrons. The number of hydrogen-bond donors (Lipinski definition) is 0. The van der Waals surface area contributed by atoms with Crippen LogP contribution in [0.1, 0.15) is 18.1 Å². The molecule has 0 aromatic heterocycles. The fraction of sp³-hybridized carbons (Fsp3) is 0.333. The highest BCUT2D eigenvalue weighted by molar-refractivity contribution is 6.31. The van der Waals surface area contributed by atoms with E-state index in [0.717, 1.165) is 6.07 Å². The van der Waals surface area contributed by atoms with Gasteiger partial charge in [0, 0.05) is 11.1 Å². The van der Waals surface area contributed by atoms with Crippen LogP contribution in [0.25, 0.3) is 0 Å². The molecule has 7 heteroatoms. The van der Waals surface area contributed by atoms with Gasteiger partial charge < -0.3 is 9.47 Å². The Bertz CT molecular complexity index is 514. The Morgan fingerprint density at radius 1 is 1.53 bits per heavy atom. The van der Waals surface area contributed by atoms with Crippen LogP contribution in [0.4, 0.5) is 8.78 Å². The third kappa shape index (κ3) is 4.38. The fourth-order valence-corrected chi connectivity index (χ4v) is 1.60. The molecular formula is C12H10ClF2NO3. The molecule has 1 aromatic carbocycles. The van der Waals surface area contributed by atoms with Crippen molar-refractivity contribution in [1.82, 2.24) is 0 Å². The smallest absolute Gasteiger partial charge is 0.387 e. The molecule has 0 saturated carbocycles. The highest BCUT2D eigenvalue weighted by Gasteiger charge is 2.15. The number of ether oxygens (including phenoxy) is 2. The van der Waals surface area contributed by atoms with Crippen LogP contribution in [-0.4, -0.2) is 19.2 Å². The number of carbonyl (C=O) groups excluding carboxylic acids is 1. The van der Waals surface area contributed by atoms with Gasteiger partial charge in [0.25, 0.3) is 0 Å². The van der Waals surface area contributed by atoms with Gasteiger partial charge in [0.2, 0.25) is 0 Å². The number of carbonyl (C=O) groups is 1. The lowest BCUT2D eigenvalue weighted by Gasteiger charge is -2.10. The van der Waals surface area contributed by atoms with Crippen molar-refractivity contribution in [3.05, 3.63) is 28.3 Å². The molecule has 0 bridgehead atoms.